The topological polar surface area (TPSA) is 54.5 Å². The predicted octanol–water partition coefficient (Wildman–Crippen LogP) is 4.39. The van der Waals surface area contributed by atoms with E-state index in [1.54, 1.807) is 35.2 Å². The van der Waals surface area contributed by atoms with E-state index >= 15 is 0 Å². The van der Waals surface area contributed by atoms with Gasteiger partial charge in [0, 0.05) is 13.0 Å². The molecule has 29 heavy (non-hydrogen) atoms. The monoisotopic (exact) mass is 405 g/mol. The Kier molecular flexibility index (Phi) is 5.49. The van der Waals surface area contributed by atoms with Crippen LogP contribution in [0.15, 0.2) is 95.9 Å². The average Bonchev–Trinajstić information content (AvgIpc) is 2.77. The molecule has 0 N–H and O–H groups in total. The zero-order chi connectivity index (χ0) is 20.3. The summed E-state index contributed by atoms with van der Waals surface area (Å²) < 4.78 is 27.1. The van der Waals surface area contributed by atoms with Crippen LogP contribution in [0.25, 0.3) is 0 Å². The van der Waals surface area contributed by atoms with Crippen molar-refractivity contribution < 1.29 is 13.2 Å². The predicted molar refractivity (Wildman–Crippen MR) is 113 cm³/mol. The number of nitrogens with zero attached hydrogens (tertiary/aromatic N) is 1. The molecule has 1 amide bonds. The number of piperidine rings is 1. The molecule has 148 valence electrons. The summed E-state index contributed by atoms with van der Waals surface area (Å²) >= 11 is 0. The van der Waals surface area contributed by atoms with Gasteiger partial charge in [-0.1, -0.05) is 78.9 Å². The zero-order valence-corrected chi connectivity index (χ0v) is 16.8. The molecule has 0 spiro atoms. The third kappa shape index (κ3) is 3.96. The standard InChI is InChI=1S/C24H23NO3S/c26-23-17-16-22(29(27,28)21-14-8-3-9-15-21)24(20-12-6-2-7-13-20)25(23)18-19-10-4-1-5-11-19/h1-15,22,24H,16-18H2/t22-,24+/m1/s1. The van der Waals surface area contributed by atoms with Crippen LogP contribution < -0.4 is 0 Å². The van der Waals surface area contributed by atoms with Crippen molar-refractivity contribution in [2.24, 2.45) is 0 Å². The van der Waals surface area contributed by atoms with Crippen LogP contribution in [0.2, 0.25) is 0 Å². The number of likely N-dealkylation sites (tertiary alicyclic amines) is 1. The lowest BCUT2D eigenvalue weighted by Crippen LogP contribution is -2.47. The van der Waals surface area contributed by atoms with E-state index in [4.69, 9.17) is 0 Å². The first kappa shape index (κ1) is 19.4. The average molecular weight is 406 g/mol. The number of benzene rings is 3. The van der Waals surface area contributed by atoms with Crippen molar-refractivity contribution in [3.8, 4) is 0 Å². The number of sulfone groups is 1. The molecule has 1 fully saturated rings. The summed E-state index contributed by atoms with van der Waals surface area (Å²) in [6.45, 7) is 0.389. The number of hydrogen-bond donors (Lipinski definition) is 0. The van der Waals surface area contributed by atoms with E-state index in [2.05, 4.69) is 0 Å². The van der Waals surface area contributed by atoms with Gasteiger partial charge in [0.2, 0.25) is 5.91 Å². The van der Waals surface area contributed by atoms with Crippen molar-refractivity contribution in [3.05, 3.63) is 102 Å². The second kappa shape index (κ2) is 8.21. The van der Waals surface area contributed by atoms with E-state index in [0.717, 1.165) is 11.1 Å². The molecule has 2 atom stereocenters. The molecule has 0 unspecified atom stereocenters. The second-order valence-corrected chi connectivity index (χ2v) is 9.46. The van der Waals surface area contributed by atoms with E-state index in [1.165, 1.54) is 0 Å². The van der Waals surface area contributed by atoms with Gasteiger partial charge in [-0.05, 0) is 29.7 Å². The molecular weight excluding hydrogens is 382 g/mol. The SMILES string of the molecule is O=C1CC[C@@H](S(=O)(=O)c2ccccc2)[C@H](c2ccccc2)N1Cc1ccccc1. The highest BCUT2D eigenvalue weighted by molar-refractivity contribution is 7.92. The molecule has 3 aromatic carbocycles. The molecule has 4 rings (SSSR count). The van der Waals surface area contributed by atoms with Gasteiger partial charge in [-0.15, -0.1) is 0 Å². The van der Waals surface area contributed by atoms with E-state index in [9.17, 15) is 13.2 Å². The van der Waals surface area contributed by atoms with Gasteiger partial charge in [0.15, 0.2) is 9.84 Å². The second-order valence-electron chi connectivity index (χ2n) is 7.30. The number of carbonyl (C=O) groups is 1. The first-order chi connectivity index (χ1) is 14.1. The van der Waals surface area contributed by atoms with Crippen molar-refractivity contribution in [1.82, 2.24) is 4.90 Å². The fraction of sp³-hybridized carbons (Fsp3) is 0.208. The summed E-state index contributed by atoms with van der Waals surface area (Å²) in [7, 11) is -3.60. The maximum atomic E-state index is 13.5. The highest BCUT2D eigenvalue weighted by atomic mass is 32.2. The molecule has 0 bridgehead atoms. The smallest absolute Gasteiger partial charge is 0.223 e. The van der Waals surface area contributed by atoms with E-state index in [1.807, 2.05) is 60.7 Å². The maximum Gasteiger partial charge on any atom is 0.223 e. The van der Waals surface area contributed by atoms with Crippen molar-refractivity contribution >= 4 is 15.7 Å². The Balaban J connectivity index is 1.79. The summed E-state index contributed by atoms with van der Waals surface area (Å²) in [6.07, 6.45) is 0.549. The van der Waals surface area contributed by atoms with Gasteiger partial charge in [0.25, 0.3) is 0 Å². The van der Waals surface area contributed by atoms with Crippen molar-refractivity contribution in [2.75, 3.05) is 0 Å². The Hall–Kier alpha value is -2.92. The molecular formula is C24H23NO3S. The van der Waals surface area contributed by atoms with Crippen LogP contribution in [-0.2, 0) is 21.2 Å². The van der Waals surface area contributed by atoms with Gasteiger partial charge in [-0.3, -0.25) is 4.79 Å². The Bertz CT molecular complexity index is 1070. The maximum absolute atomic E-state index is 13.5. The van der Waals surface area contributed by atoms with E-state index < -0.39 is 21.1 Å². The molecule has 1 aliphatic rings. The zero-order valence-electron chi connectivity index (χ0n) is 16.0. The number of rotatable bonds is 5. The lowest BCUT2D eigenvalue weighted by atomic mass is 9.93. The lowest BCUT2D eigenvalue weighted by molar-refractivity contribution is -0.137. The van der Waals surface area contributed by atoms with Gasteiger partial charge >= 0.3 is 0 Å². The van der Waals surface area contributed by atoms with Crippen molar-refractivity contribution in [1.29, 1.82) is 0 Å². The molecule has 4 nitrogen and oxygen atoms in total. The minimum Gasteiger partial charge on any atom is -0.330 e. The Labute approximate surface area is 171 Å². The number of amides is 1. The Morgan fingerprint density at radius 3 is 1.97 bits per heavy atom. The molecule has 3 aromatic rings. The quantitative estimate of drug-likeness (QED) is 0.632. The van der Waals surface area contributed by atoms with Crippen LogP contribution >= 0.6 is 0 Å². The Morgan fingerprint density at radius 1 is 0.793 bits per heavy atom. The highest BCUT2D eigenvalue weighted by Gasteiger charge is 2.44. The van der Waals surface area contributed by atoms with Crippen LogP contribution in [0.1, 0.15) is 30.0 Å². The highest BCUT2D eigenvalue weighted by Crippen LogP contribution is 2.39. The number of carbonyl (C=O) groups excluding carboxylic acids is 1. The molecule has 0 radical (unpaired) electrons. The summed E-state index contributed by atoms with van der Waals surface area (Å²) in [5.41, 5.74) is 1.83. The molecule has 1 heterocycles. The first-order valence-corrected chi connectivity index (χ1v) is 11.3. The van der Waals surface area contributed by atoms with E-state index in [-0.39, 0.29) is 12.3 Å². The summed E-state index contributed by atoms with van der Waals surface area (Å²) in [6, 6.07) is 27.2. The Morgan fingerprint density at radius 2 is 1.34 bits per heavy atom. The van der Waals surface area contributed by atoms with Crippen LogP contribution in [-0.4, -0.2) is 24.5 Å². The van der Waals surface area contributed by atoms with Gasteiger partial charge in [-0.2, -0.15) is 0 Å². The minimum absolute atomic E-state index is 0.0118. The fourth-order valence-electron chi connectivity index (χ4n) is 4.04. The molecule has 1 aliphatic heterocycles. The minimum atomic E-state index is -3.60. The molecule has 0 aliphatic carbocycles. The van der Waals surface area contributed by atoms with Crippen LogP contribution in [0.5, 0.6) is 0 Å². The molecule has 1 saturated heterocycles. The van der Waals surface area contributed by atoms with Crippen molar-refractivity contribution in [2.45, 2.75) is 35.6 Å². The summed E-state index contributed by atoms with van der Waals surface area (Å²) in [5, 5.41) is -0.686. The fourth-order valence-corrected chi connectivity index (χ4v) is 6.00. The lowest BCUT2D eigenvalue weighted by Gasteiger charge is -2.41. The largest absolute Gasteiger partial charge is 0.330 e. The molecule has 0 saturated carbocycles. The summed E-state index contributed by atoms with van der Waals surface area (Å²) in [5.74, 6) is -0.0118. The van der Waals surface area contributed by atoms with Crippen LogP contribution in [0.3, 0.4) is 0 Å². The van der Waals surface area contributed by atoms with Gasteiger partial charge < -0.3 is 4.90 Å². The summed E-state index contributed by atoms with van der Waals surface area (Å²) in [4.78, 5) is 15.0. The van der Waals surface area contributed by atoms with Crippen LogP contribution in [0, 0.1) is 0 Å². The third-order valence-electron chi connectivity index (χ3n) is 5.46. The van der Waals surface area contributed by atoms with Crippen LogP contribution in [0.4, 0.5) is 0 Å². The van der Waals surface area contributed by atoms with Gasteiger partial charge in [0.05, 0.1) is 16.2 Å². The van der Waals surface area contributed by atoms with Crippen molar-refractivity contribution in [3.63, 3.8) is 0 Å². The molecule has 5 heteroatoms. The normalized spacial score (nSPS) is 19.9. The third-order valence-corrected chi connectivity index (χ3v) is 7.68. The van der Waals surface area contributed by atoms with Gasteiger partial charge in [-0.25, -0.2) is 8.42 Å². The van der Waals surface area contributed by atoms with E-state index in [0.29, 0.717) is 17.9 Å². The van der Waals surface area contributed by atoms with Gasteiger partial charge in [0.1, 0.15) is 0 Å². The molecule has 0 aromatic heterocycles. The number of hydrogen-bond acceptors (Lipinski definition) is 3. The first-order valence-electron chi connectivity index (χ1n) is 9.74.